The molecule has 1 aliphatic heterocycles. The topological polar surface area (TPSA) is 64.3 Å². The smallest absolute Gasteiger partial charge is 0.234 e. The molecule has 0 spiro atoms. The molecule has 2 rings (SSSR count). The molecule has 2 heterocycles. The van der Waals surface area contributed by atoms with Crippen molar-refractivity contribution in [2.45, 2.75) is 45.8 Å². The third-order valence-corrected chi connectivity index (χ3v) is 3.60. The molecular formula is C14H24N4O. The molecule has 0 radical (unpaired) electrons. The van der Waals surface area contributed by atoms with Gasteiger partial charge in [-0.2, -0.15) is 4.98 Å². The van der Waals surface area contributed by atoms with E-state index in [4.69, 9.17) is 10.5 Å². The highest BCUT2D eigenvalue weighted by Crippen LogP contribution is 2.23. The number of hydrogen-bond acceptors (Lipinski definition) is 5. The Hall–Kier alpha value is -1.36. The van der Waals surface area contributed by atoms with Gasteiger partial charge in [-0.25, -0.2) is 0 Å². The zero-order valence-electron chi connectivity index (χ0n) is 12.0. The van der Waals surface area contributed by atoms with Gasteiger partial charge in [0.2, 0.25) is 5.88 Å². The normalized spacial score (nSPS) is 23.7. The molecule has 19 heavy (non-hydrogen) atoms. The summed E-state index contributed by atoms with van der Waals surface area (Å²) in [5, 5.41) is 0. The van der Waals surface area contributed by atoms with E-state index < -0.39 is 0 Å². The van der Waals surface area contributed by atoms with Crippen LogP contribution in [0.25, 0.3) is 0 Å². The van der Waals surface area contributed by atoms with E-state index in [2.05, 4.69) is 21.8 Å². The molecule has 1 saturated heterocycles. The number of aromatic nitrogens is 2. The largest absolute Gasteiger partial charge is 0.474 e. The Labute approximate surface area is 115 Å². The molecule has 106 valence electrons. The van der Waals surface area contributed by atoms with E-state index >= 15 is 0 Å². The standard InChI is InChI=1S/C14H24N4O/c1-4-11-9-18(6-5-12(11)15)13-7-16-8-14(17-13)19-10(2)3/h7-8,10-12H,4-6,9,15H2,1-3H3. The van der Waals surface area contributed by atoms with Gasteiger partial charge in [0.15, 0.2) is 5.82 Å². The fraction of sp³-hybridized carbons (Fsp3) is 0.714. The van der Waals surface area contributed by atoms with Crippen LogP contribution in [0.15, 0.2) is 12.4 Å². The molecule has 0 bridgehead atoms. The number of nitrogens with two attached hydrogens (primary N) is 1. The number of anilines is 1. The van der Waals surface area contributed by atoms with Crippen molar-refractivity contribution in [1.29, 1.82) is 0 Å². The van der Waals surface area contributed by atoms with E-state index in [0.717, 1.165) is 31.7 Å². The van der Waals surface area contributed by atoms with E-state index in [1.54, 1.807) is 12.4 Å². The number of piperidine rings is 1. The summed E-state index contributed by atoms with van der Waals surface area (Å²) < 4.78 is 5.59. The monoisotopic (exact) mass is 264 g/mol. The van der Waals surface area contributed by atoms with E-state index in [9.17, 15) is 0 Å². The molecule has 2 N–H and O–H groups in total. The lowest BCUT2D eigenvalue weighted by Gasteiger charge is -2.37. The predicted octanol–water partition coefficient (Wildman–Crippen LogP) is 1.83. The highest BCUT2D eigenvalue weighted by Gasteiger charge is 2.26. The van der Waals surface area contributed by atoms with Crippen LogP contribution in [0.5, 0.6) is 5.88 Å². The number of nitrogens with zero attached hydrogens (tertiary/aromatic N) is 3. The summed E-state index contributed by atoms with van der Waals surface area (Å²) in [5.74, 6) is 2.02. The van der Waals surface area contributed by atoms with Crippen LogP contribution in [0.4, 0.5) is 5.82 Å². The summed E-state index contributed by atoms with van der Waals surface area (Å²) in [4.78, 5) is 11.0. The fourth-order valence-electron chi connectivity index (χ4n) is 2.48. The Morgan fingerprint density at radius 3 is 2.95 bits per heavy atom. The van der Waals surface area contributed by atoms with Crippen molar-refractivity contribution >= 4 is 5.82 Å². The summed E-state index contributed by atoms with van der Waals surface area (Å²) in [5.41, 5.74) is 6.14. The van der Waals surface area contributed by atoms with Crippen LogP contribution in [0.1, 0.15) is 33.6 Å². The van der Waals surface area contributed by atoms with Gasteiger partial charge in [-0.1, -0.05) is 13.3 Å². The summed E-state index contributed by atoms with van der Waals surface area (Å²) in [6, 6.07) is 0.310. The third-order valence-electron chi connectivity index (χ3n) is 3.60. The van der Waals surface area contributed by atoms with Crippen molar-refractivity contribution in [3.63, 3.8) is 0 Å². The lowest BCUT2D eigenvalue weighted by molar-refractivity contribution is 0.231. The lowest BCUT2D eigenvalue weighted by atomic mass is 9.91. The maximum Gasteiger partial charge on any atom is 0.234 e. The van der Waals surface area contributed by atoms with Crippen molar-refractivity contribution in [3.8, 4) is 5.88 Å². The van der Waals surface area contributed by atoms with E-state index in [1.807, 2.05) is 13.8 Å². The van der Waals surface area contributed by atoms with Gasteiger partial charge in [0, 0.05) is 19.1 Å². The first kappa shape index (κ1) is 14.1. The summed E-state index contributed by atoms with van der Waals surface area (Å²) in [7, 11) is 0. The molecule has 2 unspecified atom stereocenters. The number of ether oxygens (including phenoxy) is 1. The summed E-state index contributed by atoms with van der Waals surface area (Å²) in [6.45, 7) is 8.07. The Balaban J connectivity index is 2.09. The summed E-state index contributed by atoms with van der Waals surface area (Å²) in [6.07, 6.45) is 5.69. The Bertz CT molecular complexity index is 410. The Kier molecular flexibility index (Phi) is 4.58. The minimum absolute atomic E-state index is 0.114. The minimum Gasteiger partial charge on any atom is -0.474 e. The Morgan fingerprint density at radius 1 is 1.47 bits per heavy atom. The van der Waals surface area contributed by atoms with Gasteiger partial charge < -0.3 is 15.4 Å². The molecule has 1 aromatic rings. The first-order valence-electron chi connectivity index (χ1n) is 7.09. The average molecular weight is 264 g/mol. The van der Waals surface area contributed by atoms with Crippen LogP contribution >= 0.6 is 0 Å². The molecule has 2 atom stereocenters. The predicted molar refractivity (Wildman–Crippen MR) is 76.4 cm³/mol. The van der Waals surface area contributed by atoms with Crippen molar-refractivity contribution in [2.24, 2.45) is 11.7 Å². The molecule has 1 fully saturated rings. The molecule has 1 aliphatic rings. The maximum atomic E-state index is 6.14. The minimum atomic E-state index is 0.114. The van der Waals surface area contributed by atoms with Gasteiger partial charge >= 0.3 is 0 Å². The molecule has 0 amide bonds. The van der Waals surface area contributed by atoms with Crippen LogP contribution in [-0.2, 0) is 0 Å². The third kappa shape index (κ3) is 3.56. The second-order valence-electron chi connectivity index (χ2n) is 5.45. The maximum absolute atomic E-state index is 6.14. The molecule has 5 nitrogen and oxygen atoms in total. The van der Waals surface area contributed by atoms with Crippen LogP contribution in [0.3, 0.4) is 0 Å². The van der Waals surface area contributed by atoms with Gasteiger partial charge in [0.05, 0.1) is 18.5 Å². The second kappa shape index (κ2) is 6.19. The molecule has 0 saturated carbocycles. The first-order chi connectivity index (χ1) is 9.10. The van der Waals surface area contributed by atoms with Gasteiger partial charge in [-0.05, 0) is 26.2 Å². The zero-order valence-corrected chi connectivity index (χ0v) is 12.0. The first-order valence-corrected chi connectivity index (χ1v) is 7.09. The van der Waals surface area contributed by atoms with Crippen LogP contribution in [0.2, 0.25) is 0 Å². The molecule has 5 heteroatoms. The van der Waals surface area contributed by atoms with Crippen LogP contribution < -0.4 is 15.4 Å². The molecule has 0 aromatic carbocycles. The SMILES string of the molecule is CCC1CN(c2cncc(OC(C)C)n2)CCC1N. The number of hydrogen-bond donors (Lipinski definition) is 1. The van der Waals surface area contributed by atoms with E-state index in [-0.39, 0.29) is 6.10 Å². The van der Waals surface area contributed by atoms with Crippen molar-refractivity contribution < 1.29 is 4.74 Å². The van der Waals surface area contributed by atoms with Gasteiger partial charge in [-0.3, -0.25) is 4.98 Å². The van der Waals surface area contributed by atoms with Crippen LogP contribution in [0, 0.1) is 5.92 Å². The van der Waals surface area contributed by atoms with E-state index in [1.165, 1.54) is 0 Å². The average Bonchev–Trinajstić information content (AvgIpc) is 2.39. The molecular weight excluding hydrogens is 240 g/mol. The Morgan fingerprint density at radius 2 is 2.26 bits per heavy atom. The van der Waals surface area contributed by atoms with E-state index in [0.29, 0.717) is 17.8 Å². The summed E-state index contributed by atoms with van der Waals surface area (Å²) >= 11 is 0. The highest BCUT2D eigenvalue weighted by atomic mass is 16.5. The van der Waals surface area contributed by atoms with Crippen molar-refractivity contribution in [1.82, 2.24) is 9.97 Å². The molecule has 0 aliphatic carbocycles. The molecule has 1 aromatic heterocycles. The number of rotatable bonds is 4. The van der Waals surface area contributed by atoms with Crippen molar-refractivity contribution in [3.05, 3.63) is 12.4 Å². The fourth-order valence-corrected chi connectivity index (χ4v) is 2.48. The van der Waals surface area contributed by atoms with Gasteiger partial charge in [-0.15, -0.1) is 0 Å². The van der Waals surface area contributed by atoms with Gasteiger partial charge in [0.25, 0.3) is 0 Å². The quantitative estimate of drug-likeness (QED) is 0.898. The van der Waals surface area contributed by atoms with Crippen molar-refractivity contribution in [2.75, 3.05) is 18.0 Å². The zero-order chi connectivity index (χ0) is 13.8. The lowest BCUT2D eigenvalue weighted by Crippen LogP contribution is -2.47. The highest BCUT2D eigenvalue weighted by molar-refractivity contribution is 5.38. The second-order valence-corrected chi connectivity index (χ2v) is 5.45. The van der Waals surface area contributed by atoms with Gasteiger partial charge in [0.1, 0.15) is 0 Å². The van der Waals surface area contributed by atoms with Crippen LogP contribution in [-0.4, -0.2) is 35.2 Å².